The van der Waals surface area contributed by atoms with Gasteiger partial charge in [-0.05, 0) is 43.2 Å². The standard InChI is InChI=1S/C20H18N4OS/c1-13-23-18(15-4-7-17-19(10-15)26-12-22-17)11-20(24-13)21-9-8-14-2-5-16(25)6-3-14/h2-7,10-12,25H,8-9H2,1H3,(H,21,23,24). The Hall–Kier alpha value is -2.99. The predicted molar refractivity (Wildman–Crippen MR) is 106 cm³/mol. The van der Waals surface area contributed by atoms with Crippen LogP contribution in [0.15, 0.2) is 54.0 Å². The maximum atomic E-state index is 9.35. The van der Waals surface area contributed by atoms with E-state index in [4.69, 9.17) is 0 Å². The average Bonchev–Trinajstić information content (AvgIpc) is 3.11. The van der Waals surface area contributed by atoms with Gasteiger partial charge in [-0.2, -0.15) is 0 Å². The molecule has 2 aromatic heterocycles. The number of benzene rings is 2. The summed E-state index contributed by atoms with van der Waals surface area (Å²) in [5.41, 5.74) is 6.00. The van der Waals surface area contributed by atoms with Crippen molar-refractivity contribution in [2.24, 2.45) is 0 Å². The van der Waals surface area contributed by atoms with Gasteiger partial charge in [0.15, 0.2) is 0 Å². The van der Waals surface area contributed by atoms with Gasteiger partial charge in [-0.15, -0.1) is 11.3 Å². The lowest BCUT2D eigenvalue weighted by atomic mass is 10.1. The third kappa shape index (κ3) is 3.65. The first-order valence-electron chi connectivity index (χ1n) is 8.38. The number of anilines is 1. The Morgan fingerprint density at radius 1 is 1.04 bits per heavy atom. The molecule has 0 aliphatic rings. The second-order valence-electron chi connectivity index (χ2n) is 6.06. The van der Waals surface area contributed by atoms with E-state index in [0.29, 0.717) is 0 Å². The Balaban J connectivity index is 1.51. The van der Waals surface area contributed by atoms with E-state index in [9.17, 15) is 5.11 Å². The highest BCUT2D eigenvalue weighted by Gasteiger charge is 2.07. The number of aromatic nitrogens is 3. The molecule has 2 heterocycles. The molecule has 0 fully saturated rings. The Morgan fingerprint density at radius 2 is 1.88 bits per heavy atom. The highest BCUT2D eigenvalue weighted by atomic mass is 32.1. The van der Waals surface area contributed by atoms with Crippen molar-refractivity contribution in [3.63, 3.8) is 0 Å². The van der Waals surface area contributed by atoms with E-state index >= 15 is 0 Å². The number of hydrogen-bond acceptors (Lipinski definition) is 6. The zero-order valence-electron chi connectivity index (χ0n) is 14.3. The maximum Gasteiger partial charge on any atom is 0.130 e. The van der Waals surface area contributed by atoms with Crippen LogP contribution in [0.25, 0.3) is 21.5 Å². The molecule has 0 saturated carbocycles. The predicted octanol–water partition coefficient (Wildman–Crippen LogP) is 4.42. The van der Waals surface area contributed by atoms with Gasteiger partial charge in [0.25, 0.3) is 0 Å². The zero-order valence-corrected chi connectivity index (χ0v) is 15.1. The van der Waals surface area contributed by atoms with Crippen molar-refractivity contribution in [1.29, 1.82) is 0 Å². The summed E-state index contributed by atoms with van der Waals surface area (Å²) in [5.74, 6) is 1.84. The fourth-order valence-corrected chi connectivity index (χ4v) is 3.53. The number of aryl methyl sites for hydroxylation is 1. The summed E-state index contributed by atoms with van der Waals surface area (Å²) in [5, 5.41) is 12.7. The topological polar surface area (TPSA) is 70.9 Å². The van der Waals surface area contributed by atoms with E-state index in [-0.39, 0.29) is 5.75 Å². The fourth-order valence-electron chi connectivity index (χ4n) is 2.82. The summed E-state index contributed by atoms with van der Waals surface area (Å²) in [6.45, 7) is 2.66. The summed E-state index contributed by atoms with van der Waals surface area (Å²) < 4.78 is 1.15. The highest BCUT2D eigenvalue weighted by molar-refractivity contribution is 7.16. The molecule has 6 heteroatoms. The third-order valence-electron chi connectivity index (χ3n) is 4.12. The third-order valence-corrected chi connectivity index (χ3v) is 4.91. The van der Waals surface area contributed by atoms with Crippen molar-refractivity contribution in [2.45, 2.75) is 13.3 Å². The molecular weight excluding hydrogens is 344 g/mol. The lowest BCUT2D eigenvalue weighted by molar-refractivity contribution is 0.475. The summed E-state index contributed by atoms with van der Waals surface area (Å²) in [6.07, 6.45) is 0.853. The highest BCUT2D eigenvalue weighted by Crippen LogP contribution is 2.26. The van der Waals surface area contributed by atoms with Crippen LogP contribution in [0.3, 0.4) is 0 Å². The number of nitrogens with zero attached hydrogens (tertiary/aromatic N) is 3. The molecule has 0 unspecified atom stereocenters. The van der Waals surface area contributed by atoms with Crippen LogP contribution in [0, 0.1) is 6.92 Å². The van der Waals surface area contributed by atoms with Crippen molar-refractivity contribution in [2.75, 3.05) is 11.9 Å². The van der Waals surface area contributed by atoms with Crippen molar-refractivity contribution in [3.8, 4) is 17.0 Å². The number of phenolic OH excluding ortho intramolecular Hbond substituents is 1. The van der Waals surface area contributed by atoms with Crippen LogP contribution >= 0.6 is 11.3 Å². The van der Waals surface area contributed by atoms with Crippen LogP contribution in [0.2, 0.25) is 0 Å². The van der Waals surface area contributed by atoms with Gasteiger partial charge in [-0.3, -0.25) is 0 Å². The monoisotopic (exact) mass is 362 g/mol. The molecule has 0 aliphatic heterocycles. The van der Waals surface area contributed by atoms with Crippen molar-refractivity contribution >= 4 is 27.4 Å². The summed E-state index contributed by atoms with van der Waals surface area (Å²) in [7, 11) is 0. The number of phenols is 1. The van der Waals surface area contributed by atoms with Gasteiger partial charge in [-0.25, -0.2) is 15.0 Å². The second-order valence-corrected chi connectivity index (χ2v) is 6.95. The molecule has 0 aliphatic carbocycles. The number of thiazole rings is 1. The maximum absolute atomic E-state index is 9.35. The fraction of sp³-hybridized carbons (Fsp3) is 0.150. The molecule has 0 radical (unpaired) electrons. The van der Waals surface area contributed by atoms with E-state index in [0.717, 1.165) is 51.6 Å². The van der Waals surface area contributed by atoms with Crippen LogP contribution in [-0.4, -0.2) is 26.6 Å². The van der Waals surface area contributed by atoms with Gasteiger partial charge in [0, 0.05) is 18.2 Å². The number of hydrogen-bond donors (Lipinski definition) is 2. The molecule has 4 rings (SSSR count). The molecular formula is C20H18N4OS. The number of nitrogens with one attached hydrogen (secondary N) is 1. The van der Waals surface area contributed by atoms with Gasteiger partial charge < -0.3 is 10.4 Å². The van der Waals surface area contributed by atoms with Crippen LogP contribution in [0.4, 0.5) is 5.82 Å². The smallest absolute Gasteiger partial charge is 0.130 e. The summed E-state index contributed by atoms with van der Waals surface area (Å²) >= 11 is 1.63. The van der Waals surface area contributed by atoms with Crippen molar-refractivity contribution < 1.29 is 5.11 Å². The minimum Gasteiger partial charge on any atom is -0.508 e. The van der Waals surface area contributed by atoms with Gasteiger partial charge in [0.2, 0.25) is 0 Å². The quantitative estimate of drug-likeness (QED) is 0.550. The Morgan fingerprint density at radius 3 is 2.73 bits per heavy atom. The lowest BCUT2D eigenvalue weighted by Crippen LogP contribution is -2.07. The van der Waals surface area contributed by atoms with Crippen molar-refractivity contribution in [1.82, 2.24) is 15.0 Å². The van der Waals surface area contributed by atoms with Crippen LogP contribution < -0.4 is 5.32 Å². The molecule has 0 spiro atoms. The molecule has 2 N–H and O–H groups in total. The molecule has 0 bridgehead atoms. The van der Waals surface area contributed by atoms with Crippen LogP contribution in [-0.2, 0) is 6.42 Å². The molecule has 26 heavy (non-hydrogen) atoms. The van der Waals surface area contributed by atoms with E-state index in [1.165, 1.54) is 0 Å². The van der Waals surface area contributed by atoms with Crippen LogP contribution in [0.5, 0.6) is 5.75 Å². The number of fused-ring (bicyclic) bond motifs is 1. The normalized spacial score (nSPS) is 11.0. The molecule has 4 aromatic rings. The van der Waals surface area contributed by atoms with Crippen molar-refractivity contribution in [3.05, 3.63) is 65.4 Å². The summed E-state index contributed by atoms with van der Waals surface area (Å²) in [6, 6.07) is 15.4. The van der Waals surface area contributed by atoms with E-state index in [2.05, 4.69) is 26.3 Å². The molecule has 130 valence electrons. The Labute approximate surface area is 155 Å². The first kappa shape index (κ1) is 16.5. The minimum atomic E-state index is 0.288. The Kier molecular flexibility index (Phi) is 4.50. The zero-order chi connectivity index (χ0) is 17.9. The average molecular weight is 362 g/mol. The number of rotatable bonds is 5. The van der Waals surface area contributed by atoms with E-state index < -0.39 is 0 Å². The second kappa shape index (κ2) is 7.09. The largest absolute Gasteiger partial charge is 0.508 e. The molecule has 5 nitrogen and oxygen atoms in total. The minimum absolute atomic E-state index is 0.288. The van der Waals surface area contributed by atoms with E-state index in [1.807, 2.05) is 42.8 Å². The summed E-state index contributed by atoms with van der Waals surface area (Å²) in [4.78, 5) is 13.4. The Bertz CT molecular complexity index is 1040. The first-order chi connectivity index (χ1) is 12.7. The van der Waals surface area contributed by atoms with Gasteiger partial charge in [-0.1, -0.05) is 18.2 Å². The SMILES string of the molecule is Cc1nc(NCCc2ccc(O)cc2)cc(-c2ccc3ncsc3c2)n1. The van der Waals surface area contributed by atoms with E-state index in [1.54, 1.807) is 23.5 Å². The molecule has 2 aromatic carbocycles. The molecule has 0 atom stereocenters. The molecule has 0 saturated heterocycles. The van der Waals surface area contributed by atoms with Gasteiger partial charge in [0.1, 0.15) is 17.4 Å². The molecule has 0 amide bonds. The number of aromatic hydroxyl groups is 1. The first-order valence-corrected chi connectivity index (χ1v) is 9.26. The van der Waals surface area contributed by atoms with Gasteiger partial charge >= 0.3 is 0 Å². The van der Waals surface area contributed by atoms with Crippen LogP contribution in [0.1, 0.15) is 11.4 Å². The lowest BCUT2D eigenvalue weighted by Gasteiger charge is -2.09. The van der Waals surface area contributed by atoms with Gasteiger partial charge in [0.05, 0.1) is 21.4 Å².